The maximum atomic E-state index is 13.3. The molecule has 2 aromatic rings. The molecule has 0 atom stereocenters. The summed E-state index contributed by atoms with van der Waals surface area (Å²) in [5.41, 5.74) is 3.16. The predicted octanol–water partition coefficient (Wildman–Crippen LogP) is 4.36. The van der Waals surface area contributed by atoms with E-state index in [2.05, 4.69) is 6.58 Å². The van der Waals surface area contributed by atoms with E-state index in [-0.39, 0.29) is 17.7 Å². The van der Waals surface area contributed by atoms with Crippen molar-refractivity contribution in [3.8, 4) is 17.6 Å². The van der Waals surface area contributed by atoms with Crippen molar-refractivity contribution >= 4 is 17.9 Å². The first-order valence-electron chi connectivity index (χ1n) is 10.1. The van der Waals surface area contributed by atoms with Gasteiger partial charge in [-0.3, -0.25) is 14.5 Å². The van der Waals surface area contributed by atoms with Crippen molar-refractivity contribution in [3.63, 3.8) is 0 Å². The van der Waals surface area contributed by atoms with E-state index in [9.17, 15) is 14.9 Å². The van der Waals surface area contributed by atoms with E-state index < -0.39 is 11.8 Å². The molecule has 1 heterocycles. The molecule has 1 aliphatic heterocycles. The lowest BCUT2D eigenvalue weighted by Crippen LogP contribution is -2.42. The summed E-state index contributed by atoms with van der Waals surface area (Å²) < 4.78 is 11.0. The summed E-state index contributed by atoms with van der Waals surface area (Å²) in [6.45, 7) is 7.62. The van der Waals surface area contributed by atoms with Crippen molar-refractivity contribution in [1.29, 1.82) is 5.26 Å². The summed E-state index contributed by atoms with van der Waals surface area (Å²) in [6, 6.07) is 14.8. The molecule has 1 aliphatic rings. The number of carbonyl (C=O) groups excluding carboxylic acids is 2. The Morgan fingerprint density at radius 1 is 1.06 bits per heavy atom. The molecule has 0 N–H and O–H groups in total. The fourth-order valence-corrected chi connectivity index (χ4v) is 3.36. The van der Waals surface area contributed by atoms with E-state index in [1.165, 1.54) is 7.11 Å². The summed E-state index contributed by atoms with van der Waals surface area (Å²) in [4.78, 5) is 27.2. The van der Waals surface area contributed by atoms with Gasteiger partial charge >= 0.3 is 0 Å². The fraction of sp³-hybridized carbons (Fsp3) is 0.192. The summed E-state index contributed by atoms with van der Waals surface area (Å²) in [5, 5.41) is 9.58. The molecular formula is C26H24N2O4. The number of hydrogen-bond acceptors (Lipinski definition) is 5. The average Bonchev–Trinajstić information content (AvgIpc) is 2.80. The summed E-state index contributed by atoms with van der Waals surface area (Å²) in [6.07, 6.45) is 3.29. The number of benzene rings is 2. The number of amides is 2. The van der Waals surface area contributed by atoms with Gasteiger partial charge in [0.2, 0.25) is 0 Å². The molecule has 0 saturated heterocycles. The van der Waals surface area contributed by atoms with Crippen molar-refractivity contribution in [2.75, 3.05) is 13.7 Å². The predicted molar refractivity (Wildman–Crippen MR) is 122 cm³/mol. The highest BCUT2D eigenvalue weighted by atomic mass is 16.5. The van der Waals surface area contributed by atoms with E-state index >= 15 is 0 Å². The minimum Gasteiger partial charge on any atom is -0.493 e. The molecule has 0 bridgehead atoms. The normalized spacial score (nSPS) is 15.1. The van der Waals surface area contributed by atoms with Crippen LogP contribution in [0.2, 0.25) is 0 Å². The summed E-state index contributed by atoms with van der Waals surface area (Å²) >= 11 is 0. The van der Waals surface area contributed by atoms with Gasteiger partial charge in [-0.05, 0) is 48.8 Å². The molecule has 32 heavy (non-hydrogen) atoms. The first-order valence-corrected chi connectivity index (χ1v) is 10.1. The second-order valence-electron chi connectivity index (χ2n) is 7.36. The van der Waals surface area contributed by atoms with Crippen LogP contribution >= 0.6 is 0 Å². The van der Waals surface area contributed by atoms with Crippen molar-refractivity contribution in [2.24, 2.45) is 0 Å². The Hall–Kier alpha value is -4.11. The third-order valence-corrected chi connectivity index (χ3v) is 5.14. The SMILES string of the molecule is C=CCOc1ccc(/C=C2/C(=O)N(Cc3ccc(C)cc3)C(=O)C(C#N)=C2C)cc1OC. The zero-order valence-corrected chi connectivity index (χ0v) is 18.3. The molecular weight excluding hydrogens is 404 g/mol. The number of nitrogens with zero attached hydrogens (tertiary/aromatic N) is 2. The molecule has 0 unspecified atom stereocenters. The first-order chi connectivity index (χ1) is 15.4. The van der Waals surface area contributed by atoms with Crippen LogP contribution in [0.3, 0.4) is 0 Å². The van der Waals surface area contributed by atoms with Gasteiger partial charge in [0, 0.05) is 5.57 Å². The smallest absolute Gasteiger partial charge is 0.271 e. The third-order valence-electron chi connectivity index (χ3n) is 5.14. The summed E-state index contributed by atoms with van der Waals surface area (Å²) in [7, 11) is 1.53. The van der Waals surface area contributed by atoms with Gasteiger partial charge in [-0.2, -0.15) is 5.26 Å². The van der Waals surface area contributed by atoms with Gasteiger partial charge in [0.05, 0.1) is 13.7 Å². The maximum absolute atomic E-state index is 13.3. The zero-order valence-electron chi connectivity index (χ0n) is 18.3. The van der Waals surface area contributed by atoms with Gasteiger partial charge in [0.15, 0.2) is 11.5 Å². The van der Waals surface area contributed by atoms with Crippen LogP contribution in [-0.2, 0) is 16.1 Å². The molecule has 0 radical (unpaired) electrons. The van der Waals surface area contributed by atoms with Gasteiger partial charge in [-0.15, -0.1) is 0 Å². The molecule has 6 nitrogen and oxygen atoms in total. The molecule has 0 aromatic heterocycles. The molecule has 2 aromatic carbocycles. The van der Waals surface area contributed by atoms with Crippen LogP contribution in [0.15, 0.2) is 71.8 Å². The number of rotatable bonds is 7. The largest absolute Gasteiger partial charge is 0.493 e. The lowest BCUT2D eigenvalue weighted by molar-refractivity contribution is -0.141. The van der Waals surface area contributed by atoms with Crippen molar-refractivity contribution in [2.45, 2.75) is 20.4 Å². The van der Waals surface area contributed by atoms with E-state index in [1.807, 2.05) is 37.3 Å². The fourth-order valence-electron chi connectivity index (χ4n) is 3.36. The van der Waals surface area contributed by atoms with Crippen LogP contribution < -0.4 is 9.47 Å². The van der Waals surface area contributed by atoms with E-state index in [0.29, 0.717) is 29.2 Å². The highest BCUT2D eigenvalue weighted by Crippen LogP contribution is 2.32. The highest BCUT2D eigenvalue weighted by Gasteiger charge is 2.35. The van der Waals surface area contributed by atoms with Gasteiger partial charge in [-0.25, -0.2) is 0 Å². The van der Waals surface area contributed by atoms with Gasteiger partial charge < -0.3 is 9.47 Å². The number of aryl methyl sites for hydroxylation is 1. The third kappa shape index (κ3) is 4.62. The number of methoxy groups -OCH3 is 1. The lowest BCUT2D eigenvalue weighted by Gasteiger charge is -2.27. The van der Waals surface area contributed by atoms with E-state index in [0.717, 1.165) is 16.0 Å². The first kappa shape index (κ1) is 22.6. The highest BCUT2D eigenvalue weighted by molar-refractivity contribution is 6.19. The zero-order chi connectivity index (χ0) is 23.3. The Morgan fingerprint density at radius 3 is 2.41 bits per heavy atom. The Morgan fingerprint density at radius 2 is 1.78 bits per heavy atom. The second kappa shape index (κ2) is 9.80. The monoisotopic (exact) mass is 428 g/mol. The number of nitriles is 1. The quantitative estimate of drug-likeness (QED) is 0.372. The Balaban J connectivity index is 2.01. The van der Waals surface area contributed by atoms with Crippen molar-refractivity contribution in [3.05, 3.63) is 88.5 Å². The minimum atomic E-state index is -0.585. The molecule has 162 valence electrons. The van der Waals surface area contributed by atoms with Crippen LogP contribution in [0.1, 0.15) is 23.6 Å². The molecule has 0 saturated carbocycles. The van der Waals surface area contributed by atoms with Crippen LogP contribution in [0.5, 0.6) is 11.5 Å². The average molecular weight is 428 g/mol. The molecule has 2 amide bonds. The summed E-state index contributed by atoms with van der Waals surface area (Å²) in [5.74, 6) is 0.0152. The molecule has 0 aliphatic carbocycles. The topological polar surface area (TPSA) is 79.6 Å². The van der Waals surface area contributed by atoms with Gasteiger partial charge in [-0.1, -0.05) is 48.6 Å². The van der Waals surface area contributed by atoms with Gasteiger partial charge in [0.1, 0.15) is 18.2 Å². The van der Waals surface area contributed by atoms with Crippen LogP contribution in [0.4, 0.5) is 0 Å². The second-order valence-corrected chi connectivity index (χ2v) is 7.36. The van der Waals surface area contributed by atoms with Crippen LogP contribution in [0, 0.1) is 18.3 Å². The van der Waals surface area contributed by atoms with E-state index in [1.54, 1.807) is 37.3 Å². The minimum absolute atomic E-state index is 0.0409. The number of imide groups is 1. The van der Waals surface area contributed by atoms with Crippen molar-refractivity contribution < 1.29 is 19.1 Å². The van der Waals surface area contributed by atoms with Crippen molar-refractivity contribution in [1.82, 2.24) is 4.90 Å². The molecule has 0 fully saturated rings. The standard InChI is InChI=1S/C26H24N2O4/c1-5-12-32-23-11-10-20(14-24(23)31-4)13-21-18(3)22(15-27)26(30)28(25(21)29)16-19-8-6-17(2)7-9-19/h5-11,13-14H,1,12,16H2,2-4H3/b21-13+. The molecule has 6 heteroatoms. The van der Waals surface area contributed by atoms with Crippen LogP contribution in [-0.4, -0.2) is 30.4 Å². The maximum Gasteiger partial charge on any atom is 0.271 e. The lowest BCUT2D eigenvalue weighted by atomic mass is 9.93. The molecule has 3 rings (SSSR count). The van der Waals surface area contributed by atoms with Gasteiger partial charge in [0.25, 0.3) is 11.8 Å². The Labute approximate surface area is 187 Å². The number of carbonyl (C=O) groups is 2. The number of ether oxygens (including phenoxy) is 2. The number of hydrogen-bond donors (Lipinski definition) is 0. The van der Waals surface area contributed by atoms with Crippen LogP contribution in [0.25, 0.3) is 6.08 Å². The molecule has 0 spiro atoms. The Bertz CT molecular complexity index is 1170. The van der Waals surface area contributed by atoms with E-state index in [4.69, 9.17) is 9.47 Å². The Kier molecular flexibility index (Phi) is 6.91.